The summed E-state index contributed by atoms with van der Waals surface area (Å²) in [4.78, 5) is 11.2. The van der Waals surface area contributed by atoms with Gasteiger partial charge in [-0.3, -0.25) is 4.79 Å². The Balaban J connectivity index is 2.97. The van der Waals surface area contributed by atoms with Crippen LogP contribution in [0, 0.1) is 5.82 Å². The summed E-state index contributed by atoms with van der Waals surface area (Å²) in [7, 11) is 1.33. The number of esters is 1. The average Bonchev–Trinajstić information content (AvgIpc) is 2.26. The Bertz CT molecular complexity index is 361. The van der Waals surface area contributed by atoms with Gasteiger partial charge in [-0.2, -0.15) is 0 Å². The number of hydrogen-bond acceptors (Lipinski definition) is 2. The molecule has 3 heteroatoms. The lowest BCUT2D eigenvalue weighted by Gasteiger charge is -2.10. The molecule has 1 aromatic rings. The number of ether oxygens (including phenoxy) is 1. The van der Waals surface area contributed by atoms with Crippen molar-refractivity contribution >= 4 is 5.97 Å². The predicted octanol–water partition coefficient (Wildman–Crippen LogP) is 2.66. The lowest BCUT2D eigenvalue weighted by molar-refractivity contribution is -0.141. The average molecular weight is 210 g/mol. The van der Waals surface area contributed by atoms with E-state index in [-0.39, 0.29) is 11.8 Å². The fourth-order valence-corrected chi connectivity index (χ4v) is 1.43. The van der Waals surface area contributed by atoms with Crippen molar-refractivity contribution in [3.63, 3.8) is 0 Å². The van der Waals surface area contributed by atoms with Crippen molar-refractivity contribution in [2.75, 3.05) is 7.11 Å². The van der Waals surface area contributed by atoms with Gasteiger partial charge in [0.1, 0.15) is 5.82 Å². The van der Waals surface area contributed by atoms with E-state index in [0.29, 0.717) is 17.5 Å². The van der Waals surface area contributed by atoms with Crippen molar-refractivity contribution in [3.05, 3.63) is 35.1 Å². The van der Waals surface area contributed by atoms with Gasteiger partial charge in [-0.05, 0) is 30.5 Å². The van der Waals surface area contributed by atoms with E-state index in [4.69, 9.17) is 0 Å². The molecule has 0 aromatic heterocycles. The van der Waals surface area contributed by atoms with Crippen LogP contribution in [-0.4, -0.2) is 13.1 Å². The Kier molecular flexibility index (Phi) is 3.83. The molecule has 0 saturated heterocycles. The van der Waals surface area contributed by atoms with Gasteiger partial charge in [0.25, 0.3) is 0 Å². The minimum Gasteiger partial charge on any atom is -0.469 e. The van der Waals surface area contributed by atoms with Crippen LogP contribution in [0.25, 0.3) is 0 Å². The maximum atomic E-state index is 13.4. The number of aryl methyl sites for hydroxylation is 1. The Morgan fingerprint density at radius 3 is 2.67 bits per heavy atom. The lowest BCUT2D eigenvalue weighted by Crippen LogP contribution is -2.11. The molecule has 82 valence electrons. The Hall–Kier alpha value is -1.38. The second kappa shape index (κ2) is 4.91. The topological polar surface area (TPSA) is 26.3 Å². The van der Waals surface area contributed by atoms with Gasteiger partial charge in [0.2, 0.25) is 0 Å². The molecule has 0 radical (unpaired) electrons. The molecule has 0 aliphatic rings. The highest BCUT2D eigenvalue weighted by Crippen LogP contribution is 2.19. The molecule has 0 spiro atoms. The zero-order valence-corrected chi connectivity index (χ0v) is 9.21. The summed E-state index contributed by atoms with van der Waals surface area (Å²) in [5.41, 5.74) is 1.31. The molecule has 15 heavy (non-hydrogen) atoms. The molecular weight excluding hydrogens is 195 g/mol. The monoisotopic (exact) mass is 210 g/mol. The van der Waals surface area contributed by atoms with Gasteiger partial charge in [-0.15, -0.1) is 0 Å². The number of hydrogen-bond donors (Lipinski definition) is 0. The third-order valence-electron chi connectivity index (χ3n) is 2.51. The Morgan fingerprint density at radius 2 is 2.20 bits per heavy atom. The fraction of sp³-hybridized carbons (Fsp3) is 0.417. The SMILES string of the molecule is CCc1ccc(C(C)C(=O)OC)cc1F. The van der Waals surface area contributed by atoms with Crippen LogP contribution in [-0.2, 0) is 16.0 Å². The normalized spacial score (nSPS) is 12.3. The molecule has 0 bridgehead atoms. The molecule has 1 rings (SSSR count). The number of methoxy groups -OCH3 is 1. The first-order chi connectivity index (χ1) is 7.10. The molecule has 0 fully saturated rings. The van der Waals surface area contributed by atoms with Crippen molar-refractivity contribution < 1.29 is 13.9 Å². The zero-order valence-electron chi connectivity index (χ0n) is 9.21. The van der Waals surface area contributed by atoms with E-state index in [1.165, 1.54) is 13.2 Å². The van der Waals surface area contributed by atoms with Gasteiger partial charge in [0, 0.05) is 0 Å². The smallest absolute Gasteiger partial charge is 0.312 e. The predicted molar refractivity (Wildman–Crippen MR) is 56.2 cm³/mol. The standard InChI is InChI=1S/C12H15FO2/c1-4-9-5-6-10(7-11(9)13)8(2)12(14)15-3/h5-8H,4H2,1-3H3. The molecule has 1 atom stereocenters. The molecule has 0 saturated carbocycles. The van der Waals surface area contributed by atoms with E-state index in [1.807, 2.05) is 6.92 Å². The highest BCUT2D eigenvalue weighted by atomic mass is 19.1. The van der Waals surface area contributed by atoms with Gasteiger partial charge in [-0.1, -0.05) is 19.1 Å². The number of carbonyl (C=O) groups excluding carboxylic acids is 1. The van der Waals surface area contributed by atoms with E-state index >= 15 is 0 Å². The minimum atomic E-state index is -0.421. The molecule has 0 aliphatic heterocycles. The van der Waals surface area contributed by atoms with E-state index in [9.17, 15) is 9.18 Å². The van der Waals surface area contributed by atoms with Gasteiger partial charge >= 0.3 is 5.97 Å². The number of carbonyl (C=O) groups is 1. The van der Waals surface area contributed by atoms with Crippen molar-refractivity contribution in [3.8, 4) is 0 Å². The van der Waals surface area contributed by atoms with Crippen LogP contribution in [0.3, 0.4) is 0 Å². The van der Waals surface area contributed by atoms with E-state index in [2.05, 4.69) is 4.74 Å². The van der Waals surface area contributed by atoms with Crippen LogP contribution >= 0.6 is 0 Å². The minimum absolute atomic E-state index is 0.259. The second-order valence-electron chi connectivity index (χ2n) is 3.45. The summed E-state index contributed by atoms with van der Waals surface area (Å²) in [5, 5.41) is 0. The zero-order chi connectivity index (χ0) is 11.4. The number of halogens is 1. The Morgan fingerprint density at radius 1 is 1.53 bits per heavy atom. The highest BCUT2D eigenvalue weighted by Gasteiger charge is 2.16. The van der Waals surface area contributed by atoms with Crippen molar-refractivity contribution in [1.82, 2.24) is 0 Å². The van der Waals surface area contributed by atoms with Gasteiger partial charge in [0.05, 0.1) is 13.0 Å². The summed E-state index contributed by atoms with van der Waals surface area (Å²) in [5.74, 6) is -1.03. The number of benzene rings is 1. The second-order valence-corrected chi connectivity index (χ2v) is 3.45. The van der Waals surface area contributed by atoms with E-state index in [1.54, 1.807) is 19.1 Å². The van der Waals surface area contributed by atoms with Gasteiger partial charge < -0.3 is 4.74 Å². The summed E-state index contributed by atoms with van der Waals surface area (Å²) in [6.07, 6.45) is 0.652. The maximum Gasteiger partial charge on any atom is 0.312 e. The largest absolute Gasteiger partial charge is 0.469 e. The first kappa shape index (κ1) is 11.7. The van der Waals surface area contributed by atoms with Crippen LogP contribution in [0.4, 0.5) is 4.39 Å². The van der Waals surface area contributed by atoms with Crippen molar-refractivity contribution in [2.24, 2.45) is 0 Å². The van der Waals surface area contributed by atoms with Crippen LogP contribution < -0.4 is 0 Å². The molecular formula is C12H15FO2. The highest BCUT2D eigenvalue weighted by molar-refractivity contribution is 5.77. The lowest BCUT2D eigenvalue weighted by atomic mass is 9.99. The van der Waals surface area contributed by atoms with Gasteiger partial charge in [0.15, 0.2) is 0 Å². The molecule has 0 aliphatic carbocycles. The van der Waals surface area contributed by atoms with E-state index < -0.39 is 5.92 Å². The molecule has 0 amide bonds. The maximum absolute atomic E-state index is 13.4. The van der Waals surface area contributed by atoms with Crippen LogP contribution in [0.1, 0.15) is 30.9 Å². The summed E-state index contributed by atoms with van der Waals surface area (Å²) in [6.45, 7) is 3.59. The molecule has 0 N–H and O–H groups in total. The molecule has 1 unspecified atom stereocenters. The molecule has 1 aromatic carbocycles. The first-order valence-electron chi connectivity index (χ1n) is 4.96. The summed E-state index contributed by atoms with van der Waals surface area (Å²) in [6, 6.07) is 4.88. The fourth-order valence-electron chi connectivity index (χ4n) is 1.43. The third-order valence-corrected chi connectivity index (χ3v) is 2.51. The summed E-state index contributed by atoms with van der Waals surface area (Å²) >= 11 is 0. The summed E-state index contributed by atoms with van der Waals surface area (Å²) < 4.78 is 18.0. The van der Waals surface area contributed by atoms with Crippen LogP contribution in [0.15, 0.2) is 18.2 Å². The number of rotatable bonds is 3. The molecule has 2 nitrogen and oxygen atoms in total. The van der Waals surface area contributed by atoms with E-state index in [0.717, 1.165) is 0 Å². The van der Waals surface area contributed by atoms with Crippen LogP contribution in [0.5, 0.6) is 0 Å². The van der Waals surface area contributed by atoms with Gasteiger partial charge in [-0.25, -0.2) is 4.39 Å². The first-order valence-corrected chi connectivity index (χ1v) is 4.96. The van der Waals surface area contributed by atoms with Crippen molar-refractivity contribution in [1.29, 1.82) is 0 Å². The molecule has 0 heterocycles. The van der Waals surface area contributed by atoms with Crippen LogP contribution in [0.2, 0.25) is 0 Å². The Labute approximate surface area is 89.1 Å². The third kappa shape index (κ3) is 2.55. The van der Waals surface area contributed by atoms with Crippen molar-refractivity contribution in [2.45, 2.75) is 26.2 Å². The quantitative estimate of drug-likeness (QED) is 0.717.